The predicted molar refractivity (Wildman–Crippen MR) is 95.6 cm³/mol. The number of nitrogens with one attached hydrogen (secondary N) is 1. The number of hydrogen-bond acceptors (Lipinski definition) is 3. The molecule has 1 heterocycles. The van der Waals surface area contributed by atoms with E-state index >= 15 is 0 Å². The summed E-state index contributed by atoms with van der Waals surface area (Å²) in [4.78, 5) is 12.6. The fourth-order valence-corrected chi connectivity index (χ4v) is 2.91. The van der Waals surface area contributed by atoms with E-state index in [9.17, 15) is 9.18 Å². The summed E-state index contributed by atoms with van der Waals surface area (Å²) in [5.74, 6) is -0.286. The van der Waals surface area contributed by atoms with Gasteiger partial charge in [-0.15, -0.1) is 0 Å². The first-order chi connectivity index (χ1) is 11.7. The summed E-state index contributed by atoms with van der Waals surface area (Å²) < 4.78 is 20.4. The summed E-state index contributed by atoms with van der Waals surface area (Å²) in [7, 11) is 1.41. The maximum absolute atomic E-state index is 13.9. The minimum absolute atomic E-state index is 0.163. The molecule has 1 aromatic heterocycles. The summed E-state index contributed by atoms with van der Waals surface area (Å²) >= 11 is 6.33. The van der Waals surface area contributed by atoms with E-state index in [0.717, 1.165) is 0 Å². The van der Waals surface area contributed by atoms with Crippen LogP contribution in [0.4, 0.5) is 4.39 Å². The van der Waals surface area contributed by atoms with E-state index < -0.39 is 11.9 Å². The van der Waals surface area contributed by atoms with Crippen molar-refractivity contribution >= 4 is 17.5 Å². The number of carbonyl (C=O) groups is 1. The van der Waals surface area contributed by atoms with Gasteiger partial charge in [-0.2, -0.15) is 5.10 Å². The minimum Gasteiger partial charge on any atom is -0.494 e. The van der Waals surface area contributed by atoms with Gasteiger partial charge in [-0.3, -0.25) is 9.48 Å². The zero-order valence-corrected chi connectivity index (χ0v) is 15.8. The first kappa shape index (κ1) is 19.2. The van der Waals surface area contributed by atoms with E-state index in [0.29, 0.717) is 34.4 Å². The quantitative estimate of drug-likeness (QED) is 0.834. The average molecular weight is 368 g/mol. The highest BCUT2D eigenvalue weighted by atomic mass is 35.5. The molecule has 0 aliphatic carbocycles. The second-order valence-corrected chi connectivity index (χ2v) is 6.77. The van der Waals surface area contributed by atoms with Gasteiger partial charge in [-0.25, -0.2) is 4.39 Å². The lowest BCUT2D eigenvalue weighted by Crippen LogP contribution is -2.27. The van der Waals surface area contributed by atoms with Gasteiger partial charge in [0.1, 0.15) is 5.15 Å². The first-order valence-corrected chi connectivity index (χ1v) is 8.49. The zero-order valence-electron chi connectivity index (χ0n) is 15.1. The Balaban J connectivity index is 2.19. The van der Waals surface area contributed by atoms with E-state index in [4.69, 9.17) is 16.3 Å². The van der Waals surface area contributed by atoms with Crippen LogP contribution in [0, 0.1) is 18.7 Å². The molecule has 2 rings (SSSR count). The molecular weight excluding hydrogens is 345 g/mol. The van der Waals surface area contributed by atoms with Crippen LogP contribution in [-0.4, -0.2) is 22.8 Å². The maximum atomic E-state index is 13.9. The lowest BCUT2D eigenvalue weighted by Gasteiger charge is -2.15. The molecule has 0 saturated carbocycles. The number of amides is 1. The SMILES string of the molecule is COc1ccc([C@H](C)NC(=O)c2c(C)nn(CC(C)C)c2Cl)cc1F. The second-order valence-electron chi connectivity index (χ2n) is 6.42. The van der Waals surface area contributed by atoms with Gasteiger partial charge in [-0.05, 0) is 37.5 Å². The number of benzene rings is 1. The highest BCUT2D eigenvalue weighted by Crippen LogP contribution is 2.24. The number of carbonyl (C=O) groups excluding carboxylic acids is 1. The van der Waals surface area contributed by atoms with Crippen molar-refractivity contribution in [1.29, 1.82) is 0 Å². The number of aryl methyl sites for hydroxylation is 1. The molecule has 0 unspecified atom stereocenters. The number of rotatable bonds is 6. The van der Waals surface area contributed by atoms with Crippen LogP contribution < -0.4 is 10.1 Å². The van der Waals surface area contributed by atoms with E-state index in [2.05, 4.69) is 10.4 Å². The number of methoxy groups -OCH3 is 1. The van der Waals surface area contributed by atoms with Crippen molar-refractivity contribution < 1.29 is 13.9 Å². The van der Waals surface area contributed by atoms with Crippen LogP contribution in [0.25, 0.3) is 0 Å². The Morgan fingerprint density at radius 1 is 1.40 bits per heavy atom. The van der Waals surface area contributed by atoms with Crippen LogP contribution in [0.2, 0.25) is 5.15 Å². The molecule has 7 heteroatoms. The standard InChI is InChI=1S/C18H23ClFN3O2/c1-10(2)9-23-17(19)16(12(4)22-23)18(24)21-11(3)13-6-7-15(25-5)14(20)8-13/h6-8,10-11H,9H2,1-5H3,(H,21,24)/t11-/m0/s1. The van der Waals surface area contributed by atoms with E-state index in [1.807, 2.05) is 13.8 Å². The highest BCUT2D eigenvalue weighted by molar-refractivity contribution is 6.33. The van der Waals surface area contributed by atoms with Gasteiger partial charge < -0.3 is 10.1 Å². The average Bonchev–Trinajstić information content (AvgIpc) is 2.80. The Morgan fingerprint density at radius 3 is 2.64 bits per heavy atom. The van der Waals surface area contributed by atoms with Crippen LogP contribution in [0.5, 0.6) is 5.75 Å². The summed E-state index contributed by atoms with van der Waals surface area (Å²) in [6.45, 7) is 8.25. The Bertz CT molecular complexity index is 774. The molecule has 25 heavy (non-hydrogen) atoms. The van der Waals surface area contributed by atoms with Crippen molar-refractivity contribution in [3.63, 3.8) is 0 Å². The lowest BCUT2D eigenvalue weighted by molar-refractivity contribution is 0.0939. The highest BCUT2D eigenvalue weighted by Gasteiger charge is 2.22. The topological polar surface area (TPSA) is 56.1 Å². The van der Waals surface area contributed by atoms with Crippen LogP contribution in [0.15, 0.2) is 18.2 Å². The molecule has 0 aliphatic rings. The summed E-state index contributed by atoms with van der Waals surface area (Å²) in [5, 5.41) is 7.49. The van der Waals surface area contributed by atoms with E-state index in [-0.39, 0.29) is 11.7 Å². The third-order valence-electron chi connectivity index (χ3n) is 3.85. The molecule has 5 nitrogen and oxygen atoms in total. The Hall–Kier alpha value is -2.08. The largest absolute Gasteiger partial charge is 0.494 e. The zero-order chi connectivity index (χ0) is 18.7. The molecule has 0 saturated heterocycles. The van der Waals surface area contributed by atoms with Gasteiger partial charge in [0.25, 0.3) is 5.91 Å². The normalized spacial score (nSPS) is 12.3. The van der Waals surface area contributed by atoms with Gasteiger partial charge in [0.05, 0.1) is 24.4 Å². The fraction of sp³-hybridized carbons (Fsp3) is 0.444. The van der Waals surface area contributed by atoms with Gasteiger partial charge in [0.2, 0.25) is 0 Å². The third-order valence-corrected chi connectivity index (χ3v) is 4.24. The van der Waals surface area contributed by atoms with Crippen molar-refractivity contribution in [2.24, 2.45) is 5.92 Å². The Kier molecular flexibility index (Phi) is 6.06. The van der Waals surface area contributed by atoms with Crippen molar-refractivity contribution in [2.75, 3.05) is 7.11 Å². The van der Waals surface area contributed by atoms with Crippen LogP contribution in [0.1, 0.15) is 48.4 Å². The number of nitrogens with zero attached hydrogens (tertiary/aromatic N) is 2. The molecule has 0 spiro atoms. The number of aromatic nitrogens is 2. The van der Waals surface area contributed by atoms with Crippen LogP contribution >= 0.6 is 11.6 Å². The molecule has 1 aromatic carbocycles. The van der Waals surface area contributed by atoms with E-state index in [1.54, 1.807) is 24.6 Å². The molecule has 2 aromatic rings. The molecule has 0 radical (unpaired) electrons. The molecular formula is C18H23ClFN3O2. The maximum Gasteiger partial charge on any atom is 0.256 e. The van der Waals surface area contributed by atoms with Gasteiger partial charge in [-0.1, -0.05) is 31.5 Å². The molecule has 136 valence electrons. The van der Waals surface area contributed by atoms with Gasteiger partial charge in [0, 0.05) is 6.54 Å². The Morgan fingerprint density at radius 2 is 2.08 bits per heavy atom. The van der Waals surface area contributed by atoms with Crippen LogP contribution in [-0.2, 0) is 6.54 Å². The van der Waals surface area contributed by atoms with Gasteiger partial charge in [0.15, 0.2) is 11.6 Å². The lowest BCUT2D eigenvalue weighted by atomic mass is 10.1. The monoisotopic (exact) mass is 367 g/mol. The molecule has 0 bridgehead atoms. The van der Waals surface area contributed by atoms with Crippen molar-refractivity contribution in [3.8, 4) is 5.75 Å². The minimum atomic E-state index is -0.472. The molecule has 1 N–H and O–H groups in total. The fourth-order valence-electron chi connectivity index (χ4n) is 2.58. The Labute approximate surface area is 152 Å². The molecule has 0 aliphatic heterocycles. The predicted octanol–water partition coefficient (Wildman–Crippen LogP) is 4.14. The smallest absolute Gasteiger partial charge is 0.256 e. The van der Waals surface area contributed by atoms with Crippen LogP contribution in [0.3, 0.4) is 0 Å². The van der Waals surface area contributed by atoms with Gasteiger partial charge >= 0.3 is 0 Å². The van der Waals surface area contributed by atoms with E-state index in [1.165, 1.54) is 19.2 Å². The number of halogens is 2. The summed E-state index contributed by atoms with van der Waals surface area (Å²) in [6, 6.07) is 4.20. The van der Waals surface area contributed by atoms with Crippen molar-refractivity contribution in [2.45, 2.75) is 40.3 Å². The summed E-state index contributed by atoms with van der Waals surface area (Å²) in [6.07, 6.45) is 0. The number of ether oxygens (including phenoxy) is 1. The first-order valence-electron chi connectivity index (χ1n) is 8.11. The summed E-state index contributed by atoms with van der Waals surface area (Å²) in [5.41, 5.74) is 1.55. The molecule has 1 amide bonds. The van der Waals surface area contributed by atoms with Crippen molar-refractivity contribution in [3.05, 3.63) is 46.0 Å². The second kappa shape index (κ2) is 7.87. The third kappa shape index (κ3) is 4.31. The molecule has 1 atom stereocenters. The van der Waals surface area contributed by atoms with Crippen molar-refractivity contribution in [1.82, 2.24) is 15.1 Å². The molecule has 0 fully saturated rings. The number of hydrogen-bond donors (Lipinski definition) is 1.